The Morgan fingerprint density at radius 2 is 0.809 bits per heavy atom. The maximum absolute atomic E-state index is 2.49. The zero-order chi connectivity index (χ0) is 44.8. The number of nitrogens with zero attached hydrogens (tertiary/aromatic N) is 3. The van der Waals surface area contributed by atoms with Crippen LogP contribution in [0.5, 0.6) is 0 Å². The van der Waals surface area contributed by atoms with Gasteiger partial charge in [0.2, 0.25) is 0 Å². The Kier molecular flexibility index (Phi) is 8.50. The molecule has 1 atom stereocenters. The molecule has 68 heavy (non-hydrogen) atoms. The summed E-state index contributed by atoms with van der Waals surface area (Å²) in [4.78, 5) is 4.95. The van der Waals surface area contributed by atoms with Crippen LogP contribution in [0.2, 0.25) is 0 Å². The highest BCUT2D eigenvalue weighted by Crippen LogP contribution is 2.67. The first-order chi connectivity index (χ1) is 33.8. The van der Waals surface area contributed by atoms with Crippen LogP contribution in [0, 0.1) is 0 Å². The SMILES string of the molecule is c1ccc(N(c2ccc3c4ccccc4n(-c4ccccc4)c3c2)c2cccc3c2-c2ccccc2C32c3ccccc3-c3c(N(c4ccccc4)c4ccccc4)cc4ccccc4c32)cc1. The van der Waals surface area contributed by atoms with Crippen molar-refractivity contribution >= 4 is 66.7 Å². The van der Waals surface area contributed by atoms with Crippen molar-refractivity contribution in [1.29, 1.82) is 0 Å². The fourth-order valence-corrected chi connectivity index (χ4v) is 11.9. The molecule has 0 bridgehead atoms. The van der Waals surface area contributed by atoms with Crippen LogP contribution in [0.3, 0.4) is 0 Å². The molecule has 0 amide bonds. The van der Waals surface area contributed by atoms with Crippen molar-refractivity contribution in [2.75, 3.05) is 9.80 Å². The lowest BCUT2D eigenvalue weighted by molar-refractivity contribution is 0.801. The minimum Gasteiger partial charge on any atom is -0.310 e. The number of rotatable bonds is 7. The minimum atomic E-state index is -0.630. The normalized spacial score (nSPS) is 14.2. The third kappa shape index (κ3) is 5.41. The lowest BCUT2D eigenvalue weighted by Gasteiger charge is -2.33. The van der Waals surface area contributed by atoms with Crippen molar-refractivity contribution in [3.8, 4) is 27.9 Å². The lowest BCUT2D eigenvalue weighted by Crippen LogP contribution is -2.26. The lowest BCUT2D eigenvalue weighted by atomic mass is 9.69. The number of benzene rings is 11. The van der Waals surface area contributed by atoms with E-state index in [-0.39, 0.29) is 0 Å². The third-order valence-electron chi connectivity index (χ3n) is 14.5. The van der Waals surface area contributed by atoms with Gasteiger partial charge in [-0.1, -0.05) is 182 Å². The van der Waals surface area contributed by atoms with Crippen molar-refractivity contribution in [1.82, 2.24) is 4.57 Å². The molecular formula is C65H43N3. The van der Waals surface area contributed by atoms with Crippen LogP contribution in [0.15, 0.2) is 261 Å². The largest absolute Gasteiger partial charge is 0.310 e. The van der Waals surface area contributed by atoms with E-state index in [1.165, 1.54) is 77.1 Å². The van der Waals surface area contributed by atoms with E-state index in [0.717, 1.165) is 39.8 Å². The van der Waals surface area contributed by atoms with Crippen LogP contribution >= 0.6 is 0 Å². The fraction of sp³-hybridized carbons (Fsp3) is 0.0154. The molecule has 2 aliphatic rings. The molecule has 1 spiro atoms. The van der Waals surface area contributed by atoms with Gasteiger partial charge in [-0.05, 0) is 123 Å². The number of hydrogen-bond acceptors (Lipinski definition) is 2. The molecule has 2 aliphatic carbocycles. The van der Waals surface area contributed by atoms with Crippen molar-refractivity contribution in [2.24, 2.45) is 0 Å². The summed E-state index contributed by atoms with van der Waals surface area (Å²) in [6.07, 6.45) is 0. The number of hydrogen-bond donors (Lipinski definition) is 0. The Bertz CT molecular complexity index is 3870. The van der Waals surface area contributed by atoms with Crippen LogP contribution in [0.25, 0.3) is 60.5 Å². The van der Waals surface area contributed by atoms with E-state index in [2.05, 4.69) is 275 Å². The molecule has 0 fully saturated rings. The predicted octanol–water partition coefficient (Wildman–Crippen LogP) is 17.2. The Morgan fingerprint density at radius 1 is 0.309 bits per heavy atom. The standard InChI is InChI=1S/C65H43N3/c1-5-23-45(24-6-1)66(46-25-7-2-8-26-46)61-42-44-22-13-14-31-50(44)64-63(61)54-34-16-19-36-56(54)65(64)55-35-18-15-33-53(55)62-57(65)37-21-39-59(62)67(47-27-9-3-10-28-47)49-40-41-52-51-32-17-20-38-58(51)68(60(52)43-49)48-29-11-4-12-30-48/h1-43H. The van der Waals surface area contributed by atoms with E-state index >= 15 is 0 Å². The second kappa shape index (κ2) is 15.1. The summed E-state index contributed by atoms with van der Waals surface area (Å²) in [6, 6.07) is 96.1. The highest BCUT2D eigenvalue weighted by Gasteiger charge is 2.54. The topological polar surface area (TPSA) is 11.4 Å². The quantitative estimate of drug-likeness (QED) is 0.158. The van der Waals surface area contributed by atoms with Gasteiger partial charge in [-0.15, -0.1) is 0 Å². The number of anilines is 6. The van der Waals surface area contributed by atoms with Gasteiger partial charge in [0, 0.05) is 50.3 Å². The molecule has 1 heterocycles. The summed E-state index contributed by atoms with van der Waals surface area (Å²) in [5, 5.41) is 4.94. The van der Waals surface area contributed by atoms with Gasteiger partial charge in [-0.2, -0.15) is 0 Å². The first kappa shape index (κ1) is 38.4. The van der Waals surface area contributed by atoms with Gasteiger partial charge in [0.05, 0.1) is 27.8 Å². The minimum absolute atomic E-state index is 0.630. The molecule has 12 aromatic rings. The van der Waals surface area contributed by atoms with Crippen LogP contribution in [-0.4, -0.2) is 4.57 Å². The fourth-order valence-electron chi connectivity index (χ4n) is 11.9. The summed E-state index contributed by atoms with van der Waals surface area (Å²) in [5.41, 5.74) is 19.8. The number of fused-ring (bicyclic) bond motifs is 15. The van der Waals surface area contributed by atoms with Crippen molar-refractivity contribution < 1.29 is 0 Å². The number of aromatic nitrogens is 1. The van der Waals surface area contributed by atoms with E-state index in [9.17, 15) is 0 Å². The zero-order valence-electron chi connectivity index (χ0n) is 37.2. The maximum Gasteiger partial charge on any atom is 0.0733 e. The van der Waals surface area contributed by atoms with Gasteiger partial charge in [0.15, 0.2) is 0 Å². The first-order valence-electron chi connectivity index (χ1n) is 23.5. The van der Waals surface area contributed by atoms with E-state index in [0.29, 0.717) is 0 Å². The Labute approximate surface area is 395 Å². The highest BCUT2D eigenvalue weighted by atomic mass is 15.2. The first-order valence-corrected chi connectivity index (χ1v) is 23.5. The molecule has 0 saturated heterocycles. The summed E-state index contributed by atoms with van der Waals surface area (Å²) < 4.78 is 2.42. The van der Waals surface area contributed by atoms with Crippen molar-refractivity contribution in [3.63, 3.8) is 0 Å². The molecule has 1 unspecified atom stereocenters. The van der Waals surface area contributed by atoms with Gasteiger partial charge in [-0.3, -0.25) is 0 Å². The van der Waals surface area contributed by atoms with Gasteiger partial charge in [0.25, 0.3) is 0 Å². The van der Waals surface area contributed by atoms with Crippen molar-refractivity contribution in [3.05, 3.63) is 283 Å². The van der Waals surface area contributed by atoms with Crippen LogP contribution in [0.1, 0.15) is 22.3 Å². The van der Waals surface area contributed by atoms with Gasteiger partial charge in [-0.25, -0.2) is 0 Å². The second-order valence-corrected chi connectivity index (χ2v) is 18.0. The summed E-state index contributed by atoms with van der Waals surface area (Å²) in [7, 11) is 0. The molecule has 318 valence electrons. The summed E-state index contributed by atoms with van der Waals surface area (Å²) in [5.74, 6) is 0. The van der Waals surface area contributed by atoms with E-state index in [4.69, 9.17) is 0 Å². The number of para-hydroxylation sites is 5. The summed E-state index contributed by atoms with van der Waals surface area (Å²) >= 11 is 0. The maximum atomic E-state index is 2.49. The Hall–Kier alpha value is -8.92. The average Bonchev–Trinajstić information content (AvgIpc) is 4.02. The monoisotopic (exact) mass is 865 g/mol. The molecule has 0 saturated carbocycles. The average molecular weight is 866 g/mol. The third-order valence-corrected chi connectivity index (χ3v) is 14.5. The second-order valence-electron chi connectivity index (χ2n) is 18.0. The molecular weight excluding hydrogens is 823 g/mol. The highest BCUT2D eigenvalue weighted by molar-refractivity contribution is 6.13. The molecule has 1 aromatic heterocycles. The predicted molar refractivity (Wildman–Crippen MR) is 284 cm³/mol. The van der Waals surface area contributed by atoms with E-state index in [1.54, 1.807) is 0 Å². The molecule has 0 radical (unpaired) electrons. The molecule has 0 N–H and O–H groups in total. The molecule has 0 aliphatic heterocycles. The Morgan fingerprint density at radius 3 is 1.47 bits per heavy atom. The van der Waals surface area contributed by atoms with Gasteiger partial charge >= 0.3 is 0 Å². The summed E-state index contributed by atoms with van der Waals surface area (Å²) in [6.45, 7) is 0. The smallest absolute Gasteiger partial charge is 0.0733 e. The van der Waals surface area contributed by atoms with Gasteiger partial charge < -0.3 is 14.4 Å². The van der Waals surface area contributed by atoms with Crippen LogP contribution in [0.4, 0.5) is 34.1 Å². The van der Waals surface area contributed by atoms with Crippen LogP contribution < -0.4 is 9.80 Å². The Balaban J connectivity index is 1.08. The molecule has 3 nitrogen and oxygen atoms in total. The van der Waals surface area contributed by atoms with E-state index in [1.807, 2.05) is 0 Å². The van der Waals surface area contributed by atoms with Crippen LogP contribution in [-0.2, 0) is 5.41 Å². The van der Waals surface area contributed by atoms with Gasteiger partial charge in [0.1, 0.15) is 0 Å². The zero-order valence-corrected chi connectivity index (χ0v) is 37.2. The molecule has 3 heteroatoms. The molecule has 14 rings (SSSR count). The van der Waals surface area contributed by atoms with Crippen molar-refractivity contribution in [2.45, 2.75) is 5.41 Å². The molecule has 11 aromatic carbocycles. The van der Waals surface area contributed by atoms with E-state index < -0.39 is 5.41 Å².